The third-order valence-corrected chi connectivity index (χ3v) is 5.58. The molecule has 3 rings (SSSR count). The summed E-state index contributed by atoms with van der Waals surface area (Å²) in [7, 11) is -4.54. The normalized spacial score (nSPS) is 18.4. The van der Waals surface area contributed by atoms with E-state index in [4.69, 9.17) is 21.5 Å². The number of ether oxygens (including phenoxy) is 1. The monoisotopic (exact) mass is 438 g/mol. The number of halogens is 5. The van der Waals surface area contributed by atoms with Crippen LogP contribution in [0.4, 0.5) is 23.2 Å². The number of benzene rings is 2. The molecule has 28 heavy (non-hydrogen) atoms. The fraction of sp³-hybridized carbons (Fsp3) is 0.294. The second-order valence-corrected chi connectivity index (χ2v) is 8.14. The molecule has 0 saturated carbocycles. The van der Waals surface area contributed by atoms with Gasteiger partial charge in [-0.1, -0.05) is 17.7 Å². The lowest BCUT2D eigenvalue weighted by molar-refractivity contribution is -0.139. The van der Waals surface area contributed by atoms with Gasteiger partial charge < -0.3 is 9.64 Å². The van der Waals surface area contributed by atoms with Crippen LogP contribution in [0, 0.1) is 5.82 Å². The minimum atomic E-state index is -4.89. The Morgan fingerprint density at radius 2 is 1.89 bits per heavy atom. The van der Waals surface area contributed by atoms with Gasteiger partial charge in [0.2, 0.25) is 10.0 Å². The van der Waals surface area contributed by atoms with Crippen molar-refractivity contribution in [3.05, 3.63) is 58.4 Å². The lowest BCUT2D eigenvalue weighted by Crippen LogP contribution is -2.38. The van der Waals surface area contributed by atoms with Crippen LogP contribution < -0.4 is 10.0 Å². The van der Waals surface area contributed by atoms with Crippen LogP contribution in [-0.2, 0) is 20.9 Å². The highest BCUT2D eigenvalue weighted by molar-refractivity contribution is 7.89. The van der Waals surface area contributed by atoms with Crippen molar-refractivity contribution < 1.29 is 30.7 Å². The van der Waals surface area contributed by atoms with E-state index in [2.05, 4.69) is 0 Å². The van der Waals surface area contributed by atoms with Crippen LogP contribution in [0.3, 0.4) is 0 Å². The first kappa shape index (κ1) is 20.8. The molecule has 1 atom stereocenters. The van der Waals surface area contributed by atoms with Gasteiger partial charge in [0.15, 0.2) is 0 Å². The zero-order chi connectivity index (χ0) is 20.7. The molecule has 1 saturated heterocycles. The van der Waals surface area contributed by atoms with Crippen molar-refractivity contribution in [1.29, 1.82) is 0 Å². The molecule has 5 nitrogen and oxygen atoms in total. The van der Waals surface area contributed by atoms with E-state index in [9.17, 15) is 26.0 Å². The molecule has 1 aliphatic heterocycles. The average Bonchev–Trinajstić information content (AvgIpc) is 2.62. The number of rotatable bonds is 3. The van der Waals surface area contributed by atoms with Crippen LogP contribution in [0.25, 0.3) is 0 Å². The Bertz CT molecular complexity index is 998. The van der Waals surface area contributed by atoms with Gasteiger partial charge in [0, 0.05) is 18.8 Å². The van der Waals surface area contributed by atoms with E-state index in [1.54, 1.807) is 4.90 Å². The molecule has 1 aliphatic rings. The smallest absolute Gasteiger partial charge is 0.370 e. The van der Waals surface area contributed by atoms with Crippen molar-refractivity contribution in [1.82, 2.24) is 0 Å². The minimum absolute atomic E-state index is 0.0879. The standard InChI is InChI=1S/C17H15ClF4N2O3S/c18-13-7-10(1-3-14(13)19)15-9-24(5-6-27-15)11-2-4-16(28(23,25)26)12(8-11)17(20,21)22/h1-4,7-8,15H,5-6,9H2,(H2,23,25,26). The summed E-state index contributed by atoms with van der Waals surface area (Å²) >= 11 is 5.78. The Hall–Kier alpha value is -1.88. The summed E-state index contributed by atoms with van der Waals surface area (Å²) in [6, 6.07) is 6.92. The predicted octanol–water partition coefficient (Wildman–Crippen LogP) is 3.72. The average molecular weight is 439 g/mol. The summed E-state index contributed by atoms with van der Waals surface area (Å²) in [4.78, 5) is 0.631. The first-order valence-electron chi connectivity index (χ1n) is 8.02. The maximum absolute atomic E-state index is 13.3. The van der Waals surface area contributed by atoms with Crippen LogP contribution >= 0.6 is 11.6 Å². The molecular weight excluding hydrogens is 424 g/mol. The fourth-order valence-electron chi connectivity index (χ4n) is 2.98. The topological polar surface area (TPSA) is 72.6 Å². The van der Waals surface area contributed by atoms with E-state index in [-0.39, 0.29) is 30.4 Å². The first-order chi connectivity index (χ1) is 13.0. The van der Waals surface area contributed by atoms with Crippen molar-refractivity contribution in [3.8, 4) is 0 Å². The molecule has 11 heteroatoms. The maximum atomic E-state index is 13.3. The second-order valence-electron chi connectivity index (χ2n) is 6.20. The molecular formula is C17H15ClF4N2O3S. The largest absolute Gasteiger partial charge is 0.417 e. The van der Waals surface area contributed by atoms with Gasteiger partial charge >= 0.3 is 6.18 Å². The lowest BCUT2D eigenvalue weighted by Gasteiger charge is -2.35. The van der Waals surface area contributed by atoms with Crippen molar-refractivity contribution in [2.24, 2.45) is 5.14 Å². The Labute approximate surface area is 163 Å². The Balaban J connectivity index is 1.93. The van der Waals surface area contributed by atoms with Crippen LogP contribution in [-0.4, -0.2) is 28.1 Å². The first-order valence-corrected chi connectivity index (χ1v) is 9.95. The van der Waals surface area contributed by atoms with Crippen molar-refractivity contribution in [2.45, 2.75) is 17.2 Å². The van der Waals surface area contributed by atoms with Gasteiger partial charge in [-0.05, 0) is 35.9 Å². The predicted molar refractivity (Wildman–Crippen MR) is 95.1 cm³/mol. The number of hydrogen-bond donors (Lipinski definition) is 1. The van der Waals surface area contributed by atoms with E-state index < -0.39 is 38.6 Å². The Kier molecular flexibility index (Phi) is 5.59. The summed E-state index contributed by atoms with van der Waals surface area (Å²) in [6.45, 7) is 0.670. The summed E-state index contributed by atoms with van der Waals surface area (Å²) in [6.07, 6.45) is -5.44. The molecule has 1 heterocycles. The van der Waals surface area contributed by atoms with Crippen LogP contribution in [0.1, 0.15) is 17.2 Å². The molecule has 1 fully saturated rings. The third-order valence-electron chi connectivity index (χ3n) is 4.32. The molecule has 0 amide bonds. The van der Waals surface area contributed by atoms with Crippen molar-refractivity contribution in [3.63, 3.8) is 0 Å². The SMILES string of the molecule is NS(=O)(=O)c1ccc(N2CCOC(c3ccc(F)c(Cl)c3)C2)cc1C(F)(F)F. The van der Waals surface area contributed by atoms with Crippen molar-refractivity contribution in [2.75, 3.05) is 24.6 Å². The summed E-state index contributed by atoms with van der Waals surface area (Å²) in [5.41, 5.74) is -0.588. The number of nitrogens with zero attached hydrogens (tertiary/aromatic N) is 1. The molecule has 2 aromatic carbocycles. The van der Waals surface area contributed by atoms with Crippen LogP contribution in [0.2, 0.25) is 5.02 Å². The zero-order valence-electron chi connectivity index (χ0n) is 14.2. The number of anilines is 1. The van der Waals surface area contributed by atoms with Gasteiger partial charge in [0.1, 0.15) is 11.9 Å². The van der Waals surface area contributed by atoms with Gasteiger partial charge in [0.05, 0.1) is 22.1 Å². The molecule has 1 unspecified atom stereocenters. The number of alkyl halides is 3. The maximum Gasteiger partial charge on any atom is 0.417 e. The third kappa shape index (κ3) is 4.40. The van der Waals surface area contributed by atoms with E-state index in [0.29, 0.717) is 5.56 Å². The highest BCUT2D eigenvalue weighted by Gasteiger charge is 2.37. The molecule has 0 radical (unpaired) electrons. The summed E-state index contributed by atoms with van der Waals surface area (Å²) < 4.78 is 82.0. The van der Waals surface area contributed by atoms with Crippen LogP contribution in [0.15, 0.2) is 41.3 Å². The molecule has 0 aliphatic carbocycles. The Morgan fingerprint density at radius 3 is 2.50 bits per heavy atom. The highest BCUT2D eigenvalue weighted by Crippen LogP contribution is 2.37. The van der Waals surface area contributed by atoms with Gasteiger partial charge in [0.25, 0.3) is 0 Å². The molecule has 0 bridgehead atoms. The second kappa shape index (κ2) is 7.51. The number of primary sulfonamides is 1. The Morgan fingerprint density at radius 1 is 1.18 bits per heavy atom. The molecule has 0 spiro atoms. The van der Waals surface area contributed by atoms with E-state index in [1.165, 1.54) is 24.3 Å². The van der Waals surface area contributed by atoms with E-state index in [1.807, 2.05) is 0 Å². The summed E-state index contributed by atoms with van der Waals surface area (Å²) in [5.74, 6) is -0.591. The zero-order valence-corrected chi connectivity index (χ0v) is 15.8. The van der Waals surface area contributed by atoms with Gasteiger partial charge in [-0.3, -0.25) is 0 Å². The minimum Gasteiger partial charge on any atom is -0.370 e. The molecule has 2 aromatic rings. The quantitative estimate of drug-likeness (QED) is 0.741. The lowest BCUT2D eigenvalue weighted by atomic mass is 10.1. The molecule has 0 aromatic heterocycles. The number of hydrogen-bond acceptors (Lipinski definition) is 4. The molecule has 2 N–H and O–H groups in total. The van der Waals surface area contributed by atoms with Crippen LogP contribution in [0.5, 0.6) is 0 Å². The van der Waals surface area contributed by atoms with E-state index in [0.717, 1.165) is 12.1 Å². The van der Waals surface area contributed by atoms with Gasteiger partial charge in [-0.25, -0.2) is 17.9 Å². The van der Waals surface area contributed by atoms with Gasteiger partial charge in [-0.15, -0.1) is 0 Å². The molecule has 152 valence electrons. The fourth-order valence-corrected chi connectivity index (χ4v) is 3.91. The highest BCUT2D eigenvalue weighted by atomic mass is 35.5. The summed E-state index contributed by atoms with van der Waals surface area (Å²) in [5, 5.41) is 4.81. The number of sulfonamides is 1. The number of nitrogens with two attached hydrogens (primary N) is 1. The number of morpholine rings is 1. The van der Waals surface area contributed by atoms with E-state index >= 15 is 0 Å². The van der Waals surface area contributed by atoms with Crippen molar-refractivity contribution >= 4 is 27.3 Å². The van der Waals surface area contributed by atoms with Gasteiger partial charge in [-0.2, -0.15) is 13.2 Å².